The van der Waals surface area contributed by atoms with E-state index in [1.54, 1.807) is 0 Å². The molecule has 0 unspecified atom stereocenters. The van der Waals surface area contributed by atoms with Crippen LogP contribution in [0.25, 0.3) is 0 Å². The number of nitrogens with zero attached hydrogens (tertiary/aromatic N) is 1. The standard InChI is InChI=1S/C16H25NO2S/c1-5-9-19-12-15(18)10-17(13(3)6-2)11-16-8-7-14(4)20-16/h1,7-8,13,15,18H,6,9-12H2,2-4H3/t13-,15-/m1/s1. The van der Waals surface area contributed by atoms with Gasteiger partial charge >= 0.3 is 0 Å². The van der Waals surface area contributed by atoms with Gasteiger partial charge in [-0.15, -0.1) is 17.8 Å². The second-order valence-electron chi connectivity index (χ2n) is 5.07. The van der Waals surface area contributed by atoms with Crippen LogP contribution in [0.15, 0.2) is 12.1 Å². The molecular weight excluding hydrogens is 270 g/mol. The summed E-state index contributed by atoms with van der Waals surface area (Å²) in [7, 11) is 0. The maximum atomic E-state index is 10.0. The summed E-state index contributed by atoms with van der Waals surface area (Å²) in [4.78, 5) is 4.95. The molecule has 4 heteroatoms. The summed E-state index contributed by atoms with van der Waals surface area (Å²) in [6.07, 6.45) is 5.68. The normalized spacial score (nSPS) is 14.2. The minimum absolute atomic E-state index is 0.254. The Hall–Kier alpha value is -0.860. The number of terminal acetylenes is 1. The van der Waals surface area contributed by atoms with Gasteiger partial charge < -0.3 is 9.84 Å². The minimum Gasteiger partial charge on any atom is -0.389 e. The lowest BCUT2D eigenvalue weighted by Crippen LogP contribution is -2.39. The molecule has 0 saturated heterocycles. The Labute approximate surface area is 126 Å². The van der Waals surface area contributed by atoms with Crippen molar-refractivity contribution in [2.24, 2.45) is 0 Å². The molecule has 112 valence electrons. The van der Waals surface area contributed by atoms with Crippen molar-refractivity contribution in [3.8, 4) is 12.3 Å². The summed E-state index contributed by atoms with van der Waals surface area (Å²) < 4.78 is 5.20. The van der Waals surface area contributed by atoms with Gasteiger partial charge in [0.15, 0.2) is 0 Å². The van der Waals surface area contributed by atoms with E-state index in [4.69, 9.17) is 11.2 Å². The highest BCUT2D eigenvalue weighted by atomic mass is 32.1. The third-order valence-corrected chi connectivity index (χ3v) is 4.30. The molecule has 1 aromatic heterocycles. The molecule has 0 spiro atoms. The van der Waals surface area contributed by atoms with Gasteiger partial charge in [0.2, 0.25) is 0 Å². The number of hydrogen-bond acceptors (Lipinski definition) is 4. The molecule has 0 aliphatic carbocycles. The molecule has 0 amide bonds. The number of hydrogen-bond donors (Lipinski definition) is 1. The van der Waals surface area contributed by atoms with Crippen molar-refractivity contribution in [3.63, 3.8) is 0 Å². The Kier molecular flexibility index (Phi) is 7.86. The molecule has 0 aromatic carbocycles. The van der Waals surface area contributed by atoms with Crippen molar-refractivity contribution >= 4 is 11.3 Å². The van der Waals surface area contributed by atoms with Gasteiger partial charge in [0.25, 0.3) is 0 Å². The number of aliphatic hydroxyl groups excluding tert-OH is 1. The smallest absolute Gasteiger partial charge is 0.107 e. The van der Waals surface area contributed by atoms with Gasteiger partial charge in [-0.25, -0.2) is 0 Å². The molecule has 3 nitrogen and oxygen atoms in total. The number of ether oxygens (including phenoxy) is 1. The Morgan fingerprint density at radius 3 is 2.80 bits per heavy atom. The lowest BCUT2D eigenvalue weighted by Gasteiger charge is -2.29. The van der Waals surface area contributed by atoms with Crippen molar-refractivity contribution in [2.45, 2.75) is 45.9 Å². The predicted octanol–water partition coefficient (Wildman–Crippen LogP) is 2.67. The van der Waals surface area contributed by atoms with Crippen molar-refractivity contribution in [3.05, 3.63) is 21.9 Å². The van der Waals surface area contributed by atoms with Crippen LogP contribution in [0.3, 0.4) is 0 Å². The fourth-order valence-corrected chi connectivity index (χ4v) is 2.92. The van der Waals surface area contributed by atoms with Crippen LogP contribution in [-0.2, 0) is 11.3 Å². The first-order valence-electron chi connectivity index (χ1n) is 7.05. The maximum absolute atomic E-state index is 10.0. The number of aryl methyl sites for hydroxylation is 1. The first kappa shape index (κ1) is 17.2. The van der Waals surface area contributed by atoms with E-state index in [2.05, 4.69) is 43.7 Å². The van der Waals surface area contributed by atoms with Gasteiger partial charge in [-0.05, 0) is 32.4 Å². The number of rotatable bonds is 9. The molecule has 0 aliphatic rings. The molecule has 0 aliphatic heterocycles. The molecule has 0 fully saturated rings. The number of thiophene rings is 1. The highest BCUT2D eigenvalue weighted by Crippen LogP contribution is 2.19. The summed E-state index contributed by atoms with van der Waals surface area (Å²) in [5.41, 5.74) is 0. The van der Waals surface area contributed by atoms with Crippen LogP contribution in [0.5, 0.6) is 0 Å². The molecule has 1 aromatic rings. The Bertz CT molecular complexity index is 424. The van der Waals surface area contributed by atoms with Crippen LogP contribution in [0.4, 0.5) is 0 Å². The first-order chi connectivity index (χ1) is 9.56. The van der Waals surface area contributed by atoms with Crippen molar-refractivity contribution in [1.82, 2.24) is 4.90 Å². The molecule has 1 rings (SSSR count). The van der Waals surface area contributed by atoms with Gasteiger partial charge in [-0.3, -0.25) is 4.90 Å². The van der Waals surface area contributed by atoms with E-state index in [0.29, 0.717) is 19.2 Å². The highest BCUT2D eigenvalue weighted by molar-refractivity contribution is 7.11. The van der Waals surface area contributed by atoms with Crippen molar-refractivity contribution in [1.29, 1.82) is 0 Å². The first-order valence-corrected chi connectivity index (χ1v) is 7.87. The van der Waals surface area contributed by atoms with E-state index < -0.39 is 6.10 Å². The lowest BCUT2D eigenvalue weighted by molar-refractivity contribution is 0.0173. The van der Waals surface area contributed by atoms with Crippen molar-refractivity contribution in [2.75, 3.05) is 19.8 Å². The van der Waals surface area contributed by atoms with Gasteiger partial charge in [0.1, 0.15) is 6.61 Å². The van der Waals surface area contributed by atoms with Crippen LogP contribution < -0.4 is 0 Å². The number of aliphatic hydroxyl groups is 1. The SMILES string of the molecule is C#CCOC[C@H](O)CN(Cc1ccc(C)s1)[C@H](C)CC. The Balaban J connectivity index is 2.53. The van der Waals surface area contributed by atoms with Crippen LogP contribution in [0.1, 0.15) is 30.0 Å². The minimum atomic E-state index is -0.501. The molecule has 2 atom stereocenters. The highest BCUT2D eigenvalue weighted by Gasteiger charge is 2.17. The van der Waals surface area contributed by atoms with Crippen LogP contribution >= 0.6 is 11.3 Å². The van der Waals surface area contributed by atoms with Gasteiger partial charge in [0, 0.05) is 28.9 Å². The van der Waals surface area contributed by atoms with E-state index in [1.165, 1.54) is 9.75 Å². The third-order valence-electron chi connectivity index (χ3n) is 3.31. The van der Waals surface area contributed by atoms with E-state index in [0.717, 1.165) is 13.0 Å². The summed E-state index contributed by atoms with van der Waals surface area (Å²) >= 11 is 1.81. The van der Waals surface area contributed by atoms with Crippen molar-refractivity contribution < 1.29 is 9.84 Å². The van der Waals surface area contributed by atoms with Crippen LogP contribution in [0, 0.1) is 19.3 Å². The zero-order chi connectivity index (χ0) is 15.0. The van der Waals surface area contributed by atoms with Gasteiger partial charge in [-0.1, -0.05) is 12.8 Å². The van der Waals surface area contributed by atoms with Gasteiger partial charge in [-0.2, -0.15) is 0 Å². The Morgan fingerprint density at radius 2 is 2.25 bits per heavy atom. The van der Waals surface area contributed by atoms with E-state index >= 15 is 0 Å². The topological polar surface area (TPSA) is 32.7 Å². The average molecular weight is 295 g/mol. The third kappa shape index (κ3) is 6.06. The summed E-state index contributed by atoms with van der Waals surface area (Å²) in [6, 6.07) is 4.73. The molecular formula is C16H25NO2S. The van der Waals surface area contributed by atoms with Gasteiger partial charge in [0.05, 0.1) is 12.7 Å². The zero-order valence-electron chi connectivity index (χ0n) is 12.6. The summed E-state index contributed by atoms with van der Waals surface area (Å²) in [6.45, 7) is 8.50. The fraction of sp³-hybridized carbons (Fsp3) is 0.625. The van der Waals surface area contributed by atoms with Crippen LogP contribution in [-0.4, -0.2) is 41.9 Å². The maximum Gasteiger partial charge on any atom is 0.107 e. The van der Waals surface area contributed by atoms with E-state index in [1.807, 2.05) is 11.3 Å². The molecule has 0 radical (unpaired) electrons. The lowest BCUT2D eigenvalue weighted by atomic mass is 10.2. The van der Waals surface area contributed by atoms with E-state index in [9.17, 15) is 5.11 Å². The zero-order valence-corrected chi connectivity index (χ0v) is 13.4. The summed E-state index contributed by atoms with van der Waals surface area (Å²) in [5.74, 6) is 2.41. The monoisotopic (exact) mass is 295 g/mol. The largest absolute Gasteiger partial charge is 0.389 e. The second kappa shape index (κ2) is 9.15. The quantitative estimate of drug-likeness (QED) is 0.561. The van der Waals surface area contributed by atoms with Crippen LogP contribution in [0.2, 0.25) is 0 Å². The fourth-order valence-electron chi connectivity index (χ4n) is 2.01. The molecule has 1 heterocycles. The van der Waals surface area contributed by atoms with E-state index in [-0.39, 0.29) is 6.61 Å². The Morgan fingerprint density at radius 1 is 1.50 bits per heavy atom. The summed E-state index contributed by atoms with van der Waals surface area (Å²) in [5, 5.41) is 10.0. The average Bonchev–Trinajstić information content (AvgIpc) is 2.83. The second-order valence-corrected chi connectivity index (χ2v) is 6.44. The molecule has 0 bridgehead atoms. The molecule has 1 N–H and O–H groups in total. The predicted molar refractivity (Wildman–Crippen MR) is 84.9 cm³/mol. The molecule has 0 saturated carbocycles. The molecule has 20 heavy (non-hydrogen) atoms.